The highest BCUT2D eigenvalue weighted by atomic mass is 16.2. The lowest BCUT2D eigenvalue weighted by Crippen LogP contribution is -2.47. The molecule has 1 fully saturated rings. The van der Waals surface area contributed by atoms with Crippen LogP contribution in [0.3, 0.4) is 0 Å². The molecule has 1 rings (SSSR count). The Balaban J connectivity index is 2.54. The molecule has 16 heavy (non-hydrogen) atoms. The molecule has 1 aliphatic carbocycles. The summed E-state index contributed by atoms with van der Waals surface area (Å²) in [4.78, 5) is 13.8. The van der Waals surface area contributed by atoms with Gasteiger partial charge in [0.25, 0.3) is 0 Å². The van der Waals surface area contributed by atoms with E-state index in [9.17, 15) is 4.79 Å². The first kappa shape index (κ1) is 13.1. The lowest BCUT2D eigenvalue weighted by atomic mass is 9.99. The fourth-order valence-corrected chi connectivity index (χ4v) is 1.66. The van der Waals surface area contributed by atoms with Crippen LogP contribution in [-0.4, -0.2) is 29.9 Å². The van der Waals surface area contributed by atoms with E-state index in [0.29, 0.717) is 12.5 Å². The highest BCUT2D eigenvalue weighted by Gasteiger charge is 2.30. The SMILES string of the molecule is C#CCN(CC1CC1)C(=O)[C@@H](N)C(C)CC. The molecule has 1 saturated carbocycles. The summed E-state index contributed by atoms with van der Waals surface area (Å²) in [6.45, 7) is 5.23. The molecule has 90 valence electrons. The first-order chi connectivity index (χ1) is 7.60. The molecule has 0 saturated heterocycles. The van der Waals surface area contributed by atoms with E-state index in [0.717, 1.165) is 13.0 Å². The van der Waals surface area contributed by atoms with Crippen LogP contribution in [0.4, 0.5) is 0 Å². The summed E-state index contributed by atoms with van der Waals surface area (Å²) in [5.41, 5.74) is 5.94. The van der Waals surface area contributed by atoms with Gasteiger partial charge in [-0.3, -0.25) is 4.79 Å². The molecule has 0 spiro atoms. The van der Waals surface area contributed by atoms with Crippen LogP contribution in [0.2, 0.25) is 0 Å². The second kappa shape index (κ2) is 5.91. The summed E-state index contributed by atoms with van der Waals surface area (Å²) in [5, 5.41) is 0. The van der Waals surface area contributed by atoms with Gasteiger partial charge in [0.2, 0.25) is 5.91 Å². The fraction of sp³-hybridized carbons (Fsp3) is 0.769. The predicted molar refractivity (Wildman–Crippen MR) is 65.6 cm³/mol. The Labute approximate surface area is 98.4 Å². The van der Waals surface area contributed by atoms with Crippen molar-refractivity contribution in [2.24, 2.45) is 17.6 Å². The van der Waals surface area contributed by atoms with E-state index in [1.165, 1.54) is 12.8 Å². The number of nitrogens with two attached hydrogens (primary N) is 1. The topological polar surface area (TPSA) is 46.3 Å². The maximum absolute atomic E-state index is 12.1. The lowest BCUT2D eigenvalue weighted by molar-refractivity contribution is -0.133. The van der Waals surface area contributed by atoms with Gasteiger partial charge in [-0.15, -0.1) is 6.42 Å². The van der Waals surface area contributed by atoms with Gasteiger partial charge in [-0.05, 0) is 24.7 Å². The Bertz CT molecular complexity index is 278. The number of carbonyl (C=O) groups is 1. The molecule has 0 bridgehead atoms. The molecule has 0 aromatic heterocycles. The molecule has 1 amide bonds. The average Bonchev–Trinajstić information content (AvgIpc) is 3.09. The van der Waals surface area contributed by atoms with Gasteiger partial charge in [0.05, 0.1) is 12.6 Å². The van der Waals surface area contributed by atoms with E-state index in [1.807, 2.05) is 13.8 Å². The van der Waals surface area contributed by atoms with E-state index in [1.54, 1.807) is 4.90 Å². The second-order valence-corrected chi connectivity index (χ2v) is 4.78. The van der Waals surface area contributed by atoms with E-state index in [-0.39, 0.29) is 11.8 Å². The van der Waals surface area contributed by atoms with Gasteiger partial charge < -0.3 is 10.6 Å². The third-order valence-electron chi connectivity index (χ3n) is 3.31. The summed E-state index contributed by atoms with van der Waals surface area (Å²) in [6, 6.07) is -0.405. The van der Waals surface area contributed by atoms with Gasteiger partial charge in [0, 0.05) is 6.54 Å². The van der Waals surface area contributed by atoms with Gasteiger partial charge >= 0.3 is 0 Å². The molecule has 3 heteroatoms. The van der Waals surface area contributed by atoms with Crippen molar-refractivity contribution in [1.82, 2.24) is 4.90 Å². The molecule has 2 atom stereocenters. The van der Waals surface area contributed by atoms with Crippen molar-refractivity contribution >= 4 is 5.91 Å². The second-order valence-electron chi connectivity index (χ2n) is 4.78. The number of nitrogens with zero attached hydrogens (tertiary/aromatic N) is 1. The Morgan fingerprint density at radius 1 is 1.62 bits per heavy atom. The van der Waals surface area contributed by atoms with Crippen molar-refractivity contribution in [2.75, 3.05) is 13.1 Å². The van der Waals surface area contributed by atoms with Crippen molar-refractivity contribution in [3.8, 4) is 12.3 Å². The lowest BCUT2D eigenvalue weighted by Gasteiger charge is -2.26. The van der Waals surface area contributed by atoms with Crippen LogP contribution in [0.25, 0.3) is 0 Å². The molecule has 0 aliphatic heterocycles. The van der Waals surface area contributed by atoms with Crippen molar-refractivity contribution in [3.05, 3.63) is 0 Å². The molecule has 0 heterocycles. The Kier molecular flexibility index (Phi) is 4.82. The van der Waals surface area contributed by atoms with Crippen molar-refractivity contribution < 1.29 is 4.79 Å². The van der Waals surface area contributed by atoms with Crippen LogP contribution < -0.4 is 5.73 Å². The molecule has 3 nitrogen and oxygen atoms in total. The maximum atomic E-state index is 12.1. The monoisotopic (exact) mass is 222 g/mol. The van der Waals surface area contributed by atoms with Crippen LogP contribution >= 0.6 is 0 Å². The number of carbonyl (C=O) groups excluding carboxylic acids is 1. The normalized spacial score (nSPS) is 18.6. The first-order valence-electron chi connectivity index (χ1n) is 6.08. The number of rotatable bonds is 6. The molecule has 0 radical (unpaired) electrons. The Morgan fingerprint density at radius 3 is 2.69 bits per heavy atom. The zero-order valence-electron chi connectivity index (χ0n) is 10.3. The van der Waals surface area contributed by atoms with E-state index < -0.39 is 6.04 Å². The van der Waals surface area contributed by atoms with Crippen LogP contribution in [0.1, 0.15) is 33.1 Å². The van der Waals surface area contributed by atoms with Crippen molar-refractivity contribution in [3.63, 3.8) is 0 Å². The van der Waals surface area contributed by atoms with Crippen LogP contribution in [0.5, 0.6) is 0 Å². The zero-order valence-corrected chi connectivity index (χ0v) is 10.3. The van der Waals surface area contributed by atoms with Crippen LogP contribution in [0.15, 0.2) is 0 Å². The summed E-state index contributed by atoms with van der Waals surface area (Å²) in [5.74, 6) is 3.43. The van der Waals surface area contributed by atoms with E-state index >= 15 is 0 Å². The Morgan fingerprint density at radius 2 is 2.25 bits per heavy atom. The minimum absolute atomic E-state index is 0.0131. The molecule has 2 N–H and O–H groups in total. The minimum Gasteiger partial charge on any atom is -0.330 e. The molecule has 0 aromatic carbocycles. The Hall–Kier alpha value is -1.01. The molecule has 0 aromatic rings. The molecule has 1 aliphatic rings. The third kappa shape index (κ3) is 3.53. The number of hydrogen-bond donors (Lipinski definition) is 1. The van der Waals surface area contributed by atoms with Gasteiger partial charge in [-0.1, -0.05) is 26.2 Å². The predicted octanol–water partition coefficient (Wildman–Crippen LogP) is 1.23. The summed E-state index contributed by atoms with van der Waals surface area (Å²) in [6.07, 6.45) is 8.63. The van der Waals surface area contributed by atoms with Gasteiger partial charge in [0.1, 0.15) is 0 Å². The standard InChI is InChI=1S/C13H22N2O/c1-4-8-15(9-11-6-7-11)13(16)12(14)10(3)5-2/h1,10-12H,5-9,14H2,2-3H3/t10?,12-/m0/s1. The molecule has 1 unspecified atom stereocenters. The van der Waals surface area contributed by atoms with Crippen molar-refractivity contribution in [1.29, 1.82) is 0 Å². The minimum atomic E-state index is -0.405. The fourth-order valence-electron chi connectivity index (χ4n) is 1.66. The van der Waals surface area contributed by atoms with Gasteiger partial charge in [-0.25, -0.2) is 0 Å². The van der Waals surface area contributed by atoms with Gasteiger partial charge in [-0.2, -0.15) is 0 Å². The van der Waals surface area contributed by atoms with Crippen LogP contribution in [0, 0.1) is 24.2 Å². The third-order valence-corrected chi connectivity index (χ3v) is 3.31. The number of amides is 1. The highest BCUT2D eigenvalue weighted by Crippen LogP contribution is 2.29. The number of hydrogen-bond acceptors (Lipinski definition) is 2. The van der Waals surface area contributed by atoms with E-state index in [4.69, 9.17) is 12.2 Å². The van der Waals surface area contributed by atoms with E-state index in [2.05, 4.69) is 5.92 Å². The smallest absolute Gasteiger partial charge is 0.240 e. The first-order valence-corrected chi connectivity index (χ1v) is 6.08. The van der Waals surface area contributed by atoms with Crippen molar-refractivity contribution in [2.45, 2.75) is 39.2 Å². The summed E-state index contributed by atoms with van der Waals surface area (Å²) in [7, 11) is 0. The van der Waals surface area contributed by atoms with Gasteiger partial charge in [0.15, 0.2) is 0 Å². The summed E-state index contributed by atoms with van der Waals surface area (Å²) < 4.78 is 0. The zero-order chi connectivity index (χ0) is 12.1. The summed E-state index contributed by atoms with van der Waals surface area (Å²) >= 11 is 0. The largest absolute Gasteiger partial charge is 0.330 e. The average molecular weight is 222 g/mol. The number of terminal acetylenes is 1. The van der Waals surface area contributed by atoms with Crippen LogP contribution in [-0.2, 0) is 4.79 Å². The molecular formula is C13H22N2O. The quantitative estimate of drug-likeness (QED) is 0.687. The maximum Gasteiger partial charge on any atom is 0.240 e. The highest BCUT2D eigenvalue weighted by molar-refractivity contribution is 5.82. The molecular weight excluding hydrogens is 200 g/mol.